The van der Waals surface area contributed by atoms with E-state index in [1.165, 1.54) is 51.4 Å². The first-order valence-electron chi connectivity index (χ1n) is 8.40. The molecule has 0 saturated heterocycles. The molecule has 21 heavy (non-hydrogen) atoms. The minimum Gasteiger partial charge on any atom is -0.356 e. The summed E-state index contributed by atoms with van der Waals surface area (Å²) in [4.78, 5) is 11.4. The minimum absolute atomic E-state index is 0.0587. The Morgan fingerprint density at radius 1 is 0.857 bits per heavy atom. The predicted molar refractivity (Wildman–Crippen MR) is 89.2 cm³/mol. The molecule has 0 saturated carbocycles. The highest BCUT2D eigenvalue weighted by Crippen LogP contribution is 2.10. The second kappa shape index (κ2) is 13.1. The van der Waals surface area contributed by atoms with Crippen molar-refractivity contribution >= 4 is 15.7 Å². The van der Waals surface area contributed by atoms with Crippen LogP contribution in [0.3, 0.4) is 0 Å². The van der Waals surface area contributed by atoms with E-state index in [4.69, 9.17) is 0 Å². The van der Waals surface area contributed by atoms with Crippen molar-refractivity contribution in [1.82, 2.24) is 5.32 Å². The Hall–Kier alpha value is -0.580. The highest BCUT2D eigenvalue weighted by atomic mass is 32.2. The molecule has 0 aliphatic carbocycles. The van der Waals surface area contributed by atoms with E-state index in [9.17, 15) is 13.2 Å². The third-order valence-electron chi connectivity index (χ3n) is 3.55. The predicted octanol–water partition coefficient (Wildman–Crippen LogP) is 3.46. The average molecular weight is 320 g/mol. The molecule has 0 aliphatic heterocycles. The van der Waals surface area contributed by atoms with E-state index < -0.39 is 9.84 Å². The zero-order chi connectivity index (χ0) is 16.0. The zero-order valence-electron chi connectivity index (χ0n) is 13.8. The van der Waals surface area contributed by atoms with Gasteiger partial charge >= 0.3 is 0 Å². The molecule has 0 aliphatic rings. The number of rotatable bonds is 14. The lowest BCUT2D eigenvalue weighted by molar-refractivity contribution is -0.120. The molecule has 0 spiro atoms. The van der Waals surface area contributed by atoms with Gasteiger partial charge in [0, 0.05) is 19.2 Å². The number of unbranched alkanes of at least 4 members (excludes halogenated alkanes) is 9. The summed E-state index contributed by atoms with van der Waals surface area (Å²) in [5.41, 5.74) is 0. The van der Waals surface area contributed by atoms with Crippen LogP contribution in [-0.4, -0.2) is 32.9 Å². The molecule has 5 heteroatoms. The largest absolute Gasteiger partial charge is 0.356 e. The van der Waals surface area contributed by atoms with Crippen LogP contribution in [0.15, 0.2) is 0 Å². The summed E-state index contributed by atoms with van der Waals surface area (Å²) >= 11 is 0. The lowest BCUT2D eigenvalue weighted by Gasteiger charge is -2.05. The Morgan fingerprint density at radius 2 is 1.33 bits per heavy atom. The fraction of sp³-hybridized carbons (Fsp3) is 0.938. The molecule has 0 unspecified atom stereocenters. The van der Waals surface area contributed by atoms with Crippen molar-refractivity contribution in [3.63, 3.8) is 0 Å². The van der Waals surface area contributed by atoms with Crippen molar-refractivity contribution in [2.45, 2.75) is 77.6 Å². The van der Waals surface area contributed by atoms with E-state index >= 15 is 0 Å². The van der Waals surface area contributed by atoms with Crippen molar-refractivity contribution in [2.75, 3.05) is 18.6 Å². The molecule has 0 aromatic carbocycles. The van der Waals surface area contributed by atoms with Crippen molar-refractivity contribution in [3.05, 3.63) is 0 Å². The second-order valence-corrected chi connectivity index (χ2v) is 8.17. The maximum absolute atomic E-state index is 11.4. The number of carbonyl (C=O) groups excluding carboxylic acids is 1. The smallest absolute Gasteiger partial charge is 0.221 e. The number of nitrogens with one attached hydrogen (secondary N) is 1. The number of hydrogen-bond acceptors (Lipinski definition) is 3. The van der Waals surface area contributed by atoms with Gasteiger partial charge in [0.2, 0.25) is 5.91 Å². The summed E-state index contributed by atoms with van der Waals surface area (Å²) < 4.78 is 21.8. The topological polar surface area (TPSA) is 63.2 Å². The van der Waals surface area contributed by atoms with Gasteiger partial charge in [-0.15, -0.1) is 0 Å². The molecule has 1 amide bonds. The lowest BCUT2D eigenvalue weighted by atomic mass is 10.1. The number of carbonyl (C=O) groups is 1. The fourth-order valence-corrected chi connectivity index (χ4v) is 2.76. The second-order valence-electron chi connectivity index (χ2n) is 5.91. The molecular weight excluding hydrogens is 286 g/mol. The summed E-state index contributed by atoms with van der Waals surface area (Å²) in [5.74, 6) is -0.215. The first-order valence-corrected chi connectivity index (χ1v) is 10.5. The van der Waals surface area contributed by atoms with E-state index in [1.807, 2.05) is 0 Å². The third kappa shape index (κ3) is 17.4. The van der Waals surface area contributed by atoms with Crippen LogP contribution in [0.25, 0.3) is 0 Å². The number of amides is 1. The van der Waals surface area contributed by atoms with Crippen LogP contribution in [0.1, 0.15) is 77.6 Å². The molecule has 0 radical (unpaired) electrons. The van der Waals surface area contributed by atoms with Crippen LogP contribution in [0.2, 0.25) is 0 Å². The molecule has 126 valence electrons. The monoisotopic (exact) mass is 319 g/mol. The highest BCUT2D eigenvalue weighted by molar-refractivity contribution is 7.90. The van der Waals surface area contributed by atoms with Crippen molar-refractivity contribution in [3.8, 4) is 0 Å². The van der Waals surface area contributed by atoms with Crippen LogP contribution in [0.5, 0.6) is 0 Å². The van der Waals surface area contributed by atoms with Crippen LogP contribution in [0, 0.1) is 0 Å². The lowest BCUT2D eigenvalue weighted by Crippen LogP contribution is -2.26. The van der Waals surface area contributed by atoms with Gasteiger partial charge in [0.15, 0.2) is 0 Å². The molecular formula is C16H33NO3S. The summed E-state index contributed by atoms with van der Waals surface area (Å²) in [6, 6.07) is 0. The Kier molecular flexibility index (Phi) is 12.7. The number of hydrogen-bond donors (Lipinski definition) is 1. The Morgan fingerprint density at radius 3 is 1.81 bits per heavy atom. The van der Waals surface area contributed by atoms with Crippen LogP contribution in [0.4, 0.5) is 0 Å². The Bertz CT molecular complexity index is 353. The van der Waals surface area contributed by atoms with E-state index in [0.717, 1.165) is 19.1 Å². The van der Waals surface area contributed by atoms with E-state index in [1.54, 1.807) is 0 Å². The van der Waals surface area contributed by atoms with Gasteiger partial charge in [-0.1, -0.05) is 64.7 Å². The van der Waals surface area contributed by atoms with Gasteiger partial charge in [-0.05, 0) is 6.42 Å². The Labute approximate surface area is 131 Å². The minimum atomic E-state index is -3.03. The van der Waals surface area contributed by atoms with Crippen molar-refractivity contribution < 1.29 is 13.2 Å². The molecule has 0 bridgehead atoms. The molecule has 0 heterocycles. The maximum atomic E-state index is 11.4. The Balaban J connectivity index is 3.23. The third-order valence-corrected chi connectivity index (χ3v) is 4.50. The molecule has 0 atom stereocenters. The van der Waals surface area contributed by atoms with Crippen molar-refractivity contribution in [2.24, 2.45) is 0 Å². The molecule has 0 aromatic rings. The fourth-order valence-electron chi connectivity index (χ4n) is 2.21. The quantitative estimate of drug-likeness (QED) is 0.499. The zero-order valence-corrected chi connectivity index (χ0v) is 14.6. The summed E-state index contributed by atoms with van der Waals surface area (Å²) in [5, 5.41) is 2.78. The SMILES string of the molecule is CCCCCCCCCCCCNC(=O)CCS(C)(=O)=O. The van der Waals surface area contributed by atoms with E-state index in [-0.39, 0.29) is 18.1 Å². The van der Waals surface area contributed by atoms with Crippen LogP contribution >= 0.6 is 0 Å². The van der Waals surface area contributed by atoms with Crippen LogP contribution in [-0.2, 0) is 14.6 Å². The first-order chi connectivity index (χ1) is 9.95. The van der Waals surface area contributed by atoms with Gasteiger partial charge in [-0.2, -0.15) is 0 Å². The van der Waals surface area contributed by atoms with Crippen LogP contribution < -0.4 is 5.32 Å². The molecule has 0 rings (SSSR count). The van der Waals surface area contributed by atoms with Gasteiger partial charge < -0.3 is 5.32 Å². The van der Waals surface area contributed by atoms with Gasteiger partial charge in [0.05, 0.1) is 5.75 Å². The standard InChI is InChI=1S/C16H33NO3S/c1-3-4-5-6-7-8-9-10-11-12-14-17-16(18)13-15-21(2,19)20/h3-15H2,1-2H3,(H,17,18). The maximum Gasteiger partial charge on any atom is 0.221 e. The van der Waals surface area contributed by atoms with Gasteiger partial charge in [-0.25, -0.2) is 8.42 Å². The summed E-state index contributed by atoms with van der Waals surface area (Å²) in [6.45, 7) is 2.90. The summed E-state index contributed by atoms with van der Waals surface area (Å²) in [7, 11) is -3.03. The first kappa shape index (κ1) is 20.4. The number of sulfone groups is 1. The van der Waals surface area contributed by atoms with E-state index in [2.05, 4.69) is 12.2 Å². The molecule has 1 N–H and O–H groups in total. The van der Waals surface area contributed by atoms with Gasteiger partial charge in [0.25, 0.3) is 0 Å². The highest BCUT2D eigenvalue weighted by Gasteiger charge is 2.06. The summed E-state index contributed by atoms with van der Waals surface area (Å²) in [6.07, 6.45) is 13.9. The van der Waals surface area contributed by atoms with Crippen molar-refractivity contribution in [1.29, 1.82) is 0 Å². The molecule has 0 fully saturated rings. The molecule has 4 nitrogen and oxygen atoms in total. The average Bonchev–Trinajstić information content (AvgIpc) is 2.42. The normalized spacial score (nSPS) is 11.5. The molecule has 0 aromatic heterocycles. The van der Waals surface area contributed by atoms with Gasteiger partial charge in [-0.3, -0.25) is 4.79 Å². The van der Waals surface area contributed by atoms with Gasteiger partial charge in [0.1, 0.15) is 9.84 Å². The van der Waals surface area contributed by atoms with E-state index in [0.29, 0.717) is 6.54 Å².